The Bertz CT molecular complexity index is 410. The molecule has 0 atom stereocenters. The molecular formula is C18H30N4O4. The highest BCUT2D eigenvalue weighted by Crippen LogP contribution is 1.98. The van der Waals surface area contributed by atoms with Crippen molar-refractivity contribution in [2.45, 2.75) is 38.5 Å². The van der Waals surface area contributed by atoms with Gasteiger partial charge in [0.15, 0.2) is 0 Å². The summed E-state index contributed by atoms with van der Waals surface area (Å²) in [5, 5.41) is 5.61. The topological polar surface area (TPSA) is 98.8 Å². The van der Waals surface area contributed by atoms with Crippen LogP contribution in [0.5, 0.6) is 0 Å². The Morgan fingerprint density at radius 3 is 1.42 bits per heavy atom. The van der Waals surface area contributed by atoms with E-state index in [1.165, 1.54) is 22.2 Å². The summed E-state index contributed by atoms with van der Waals surface area (Å²) in [7, 11) is 0. The molecule has 0 spiro atoms. The number of nitrogens with zero attached hydrogens (tertiary/aromatic N) is 2. The fourth-order valence-electron chi connectivity index (χ4n) is 2.07. The number of carbonyl (C=O) groups is 4. The smallest absolute Gasteiger partial charge is 0.221 e. The molecule has 2 N–H and O–H groups in total. The lowest BCUT2D eigenvalue weighted by Gasteiger charge is -2.11. The van der Waals surface area contributed by atoms with E-state index in [1.54, 1.807) is 0 Å². The van der Waals surface area contributed by atoms with Crippen LogP contribution >= 0.6 is 0 Å². The van der Waals surface area contributed by atoms with Crippen LogP contribution in [0.2, 0.25) is 0 Å². The van der Waals surface area contributed by atoms with Crippen LogP contribution in [-0.2, 0) is 19.2 Å². The number of unbranched alkanes of at least 4 members (excludes halogenated alkanes) is 3. The molecule has 0 aliphatic heterocycles. The lowest BCUT2D eigenvalue weighted by Crippen LogP contribution is -2.29. The maximum absolute atomic E-state index is 11.6. The van der Waals surface area contributed by atoms with Crippen LogP contribution in [0, 0.1) is 0 Å². The van der Waals surface area contributed by atoms with Gasteiger partial charge in [-0.1, -0.05) is 26.0 Å². The van der Waals surface area contributed by atoms with Crippen molar-refractivity contribution in [3.05, 3.63) is 25.6 Å². The Balaban J connectivity index is 3.50. The second kappa shape index (κ2) is 15.9. The number of amides is 4. The summed E-state index contributed by atoms with van der Waals surface area (Å²) in [6, 6.07) is 0. The van der Waals surface area contributed by atoms with Crippen molar-refractivity contribution in [2.24, 2.45) is 0 Å². The maximum Gasteiger partial charge on any atom is 0.221 e. The highest BCUT2D eigenvalue weighted by atomic mass is 16.2. The molecule has 8 heteroatoms. The summed E-state index contributed by atoms with van der Waals surface area (Å²) >= 11 is 0. The minimum Gasteiger partial charge on any atom is -0.356 e. The molecule has 0 aromatic carbocycles. The van der Waals surface area contributed by atoms with Gasteiger partial charge in [-0.25, -0.2) is 0 Å². The van der Waals surface area contributed by atoms with Crippen LogP contribution in [0.4, 0.5) is 0 Å². The first kappa shape index (κ1) is 23.4. The normalized spacial score (nSPS) is 9.69. The van der Waals surface area contributed by atoms with Crippen LogP contribution in [-0.4, -0.2) is 60.6 Å². The zero-order valence-corrected chi connectivity index (χ0v) is 15.3. The highest BCUT2D eigenvalue weighted by Gasteiger charge is 2.04. The zero-order chi connectivity index (χ0) is 19.6. The van der Waals surface area contributed by atoms with E-state index in [-0.39, 0.29) is 24.7 Å². The minimum absolute atomic E-state index is 0.0881. The van der Waals surface area contributed by atoms with Gasteiger partial charge in [-0.3, -0.25) is 19.2 Å². The molecule has 0 aromatic heterocycles. The Morgan fingerprint density at radius 2 is 1.12 bits per heavy atom. The molecule has 0 bridgehead atoms. The first-order valence-electron chi connectivity index (χ1n) is 8.78. The number of carbonyl (C=O) groups excluding carboxylic acids is 4. The average Bonchev–Trinajstić information content (AvgIpc) is 2.65. The van der Waals surface area contributed by atoms with E-state index in [2.05, 4.69) is 23.8 Å². The molecule has 0 rings (SSSR count). The van der Waals surface area contributed by atoms with Crippen molar-refractivity contribution in [3.8, 4) is 0 Å². The summed E-state index contributed by atoms with van der Waals surface area (Å²) in [6.45, 7) is 8.81. The van der Waals surface area contributed by atoms with E-state index in [0.29, 0.717) is 39.0 Å². The molecule has 0 aromatic rings. The largest absolute Gasteiger partial charge is 0.356 e. The second-order valence-corrected chi connectivity index (χ2v) is 5.67. The second-order valence-electron chi connectivity index (χ2n) is 5.67. The number of rotatable bonds is 17. The van der Waals surface area contributed by atoms with E-state index >= 15 is 0 Å². The van der Waals surface area contributed by atoms with Crippen molar-refractivity contribution in [3.63, 3.8) is 0 Å². The third-order valence-corrected chi connectivity index (χ3v) is 3.68. The van der Waals surface area contributed by atoms with Gasteiger partial charge in [0.05, 0.1) is 0 Å². The fraction of sp³-hybridized carbons (Fsp3) is 0.556. The van der Waals surface area contributed by atoms with Crippen LogP contribution < -0.4 is 10.6 Å². The molecule has 0 aliphatic rings. The Kier molecular flexibility index (Phi) is 14.3. The first-order valence-corrected chi connectivity index (χ1v) is 8.78. The summed E-state index contributed by atoms with van der Waals surface area (Å²) in [5.41, 5.74) is 0. The van der Waals surface area contributed by atoms with Gasteiger partial charge in [0.25, 0.3) is 0 Å². The molecule has 0 radical (unpaired) electrons. The van der Waals surface area contributed by atoms with Crippen molar-refractivity contribution < 1.29 is 19.2 Å². The van der Waals surface area contributed by atoms with E-state index in [4.69, 9.17) is 0 Å². The van der Waals surface area contributed by atoms with E-state index < -0.39 is 0 Å². The quantitative estimate of drug-likeness (QED) is 0.293. The lowest BCUT2D eigenvalue weighted by atomic mass is 10.2. The Hall–Kier alpha value is -2.64. The molecule has 0 unspecified atom stereocenters. The zero-order valence-electron chi connectivity index (χ0n) is 15.3. The Labute approximate surface area is 155 Å². The average molecular weight is 366 g/mol. The SMILES string of the molecule is C=CN(C=O)CCC(=O)NCCCCCCNC(=O)CCN(C=C)C=O. The van der Waals surface area contributed by atoms with E-state index in [1.807, 2.05) is 0 Å². The molecule has 8 nitrogen and oxygen atoms in total. The van der Waals surface area contributed by atoms with Gasteiger partial charge in [-0.2, -0.15) is 0 Å². The van der Waals surface area contributed by atoms with Gasteiger partial charge in [-0.15, -0.1) is 0 Å². The monoisotopic (exact) mass is 366 g/mol. The minimum atomic E-state index is -0.0881. The van der Waals surface area contributed by atoms with Gasteiger partial charge < -0.3 is 20.4 Å². The number of hydrogen-bond acceptors (Lipinski definition) is 4. The summed E-state index contributed by atoms with van der Waals surface area (Å²) in [4.78, 5) is 46.9. The van der Waals surface area contributed by atoms with E-state index in [9.17, 15) is 19.2 Å². The van der Waals surface area contributed by atoms with Crippen LogP contribution in [0.3, 0.4) is 0 Å². The van der Waals surface area contributed by atoms with Crippen molar-refractivity contribution in [2.75, 3.05) is 26.2 Å². The highest BCUT2D eigenvalue weighted by molar-refractivity contribution is 5.76. The molecule has 26 heavy (non-hydrogen) atoms. The van der Waals surface area contributed by atoms with Crippen LogP contribution in [0.1, 0.15) is 38.5 Å². The molecule has 146 valence electrons. The maximum atomic E-state index is 11.6. The predicted octanol–water partition coefficient (Wildman–Crippen LogP) is 0.763. The summed E-state index contributed by atoms with van der Waals surface area (Å²) in [5.74, 6) is -0.176. The van der Waals surface area contributed by atoms with Crippen LogP contribution in [0.15, 0.2) is 25.6 Å². The predicted molar refractivity (Wildman–Crippen MR) is 99.7 cm³/mol. The van der Waals surface area contributed by atoms with Gasteiger partial charge in [-0.05, 0) is 25.2 Å². The van der Waals surface area contributed by atoms with Crippen molar-refractivity contribution in [1.82, 2.24) is 20.4 Å². The van der Waals surface area contributed by atoms with Gasteiger partial charge in [0, 0.05) is 39.0 Å². The third kappa shape index (κ3) is 12.7. The van der Waals surface area contributed by atoms with Gasteiger partial charge >= 0.3 is 0 Å². The van der Waals surface area contributed by atoms with E-state index in [0.717, 1.165) is 25.7 Å². The molecule has 0 heterocycles. The molecular weight excluding hydrogens is 336 g/mol. The van der Waals surface area contributed by atoms with Gasteiger partial charge in [0.2, 0.25) is 24.6 Å². The summed E-state index contributed by atoms with van der Waals surface area (Å²) in [6.07, 6.45) is 8.20. The molecule has 0 saturated carbocycles. The van der Waals surface area contributed by atoms with Crippen LogP contribution in [0.25, 0.3) is 0 Å². The van der Waals surface area contributed by atoms with Crippen molar-refractivity contribution in [1.29, 1.82) is 0 Å². The Morgan fingerprint density at radius 1 is 0.731 bits per heavy atom. The lowest BCUT2D eigenvalue weighted by molar-refractivity contribution is -0.123. The fourth-order valence-corrected chi connectivity index (χ4v) is 2.07. The first-order chi connectivity index (χ1) is 12.6. The standard InChI is InChI=1S/C18H30N4O4/c1-3-21(15-23)13-9-17(25)19-11-7-5-6-8-12-20-18(26)10-14-22(4-2)16-24/h3-4,15-16H,1-2,5-14H2,(H,19,25)(H,20,26). The molecule has 0 aliphatic carbocycles. The van der Waals surface area contributed by atoms with Gasteiger partial charge in [0.1, 0.15) is 0 Å². The number of hydrogen-bond donors (Lipinski definition) is 2. The molecule has 0 saturated heterocycles. The number of nitrogens with one attached hydrogen (secondary N) is 2. The van der Waals surface area contributed by atoms with Crippen molar-refractivity contribution >= 4 is 24.6 Å². The third-order valence-electron chi connectivity index (χ3n) is 3.68. The summed E-state index contributed by atoms with van der Waals surface area (Å²) < 4.78 is 0. The molecule has 4 amide bonds. The molecule has 0 fully saturated rings.